The van der Waals surface area contributed by atoms with Gasteiger partial charge >= 0.3 is 0 Å². The Morgan fingerprint density at radius 2 is 1.93 bits per heavy atom. The molecule has 1 saturated heterocycles. The van der Waals surface area contributed by atoms with Crippen molar-refractivity contribution in [2.75, 3.05) is 6.54 Å². The molecule has 0 bridgehead atoms. The minimum absolute atomic E-state index is 0.0747. The second kappa shape index (κ2) is 3.95. The summed E-state index contributed by atoms with van der Waals surface area (Å²) in [6.07, 6.45) is 0.422. The van der Waals surface area contributed by atoms with E-state index in [4.69, 9.17) is 4.74 Å². The van der Waals surface area contributed by atoms with Gasteiger partial charge in [0, 0.05) is 12.1 Å². The second-order valence-electron chi connectivity index (χ2n) is 4.78. The lowest BCUT2D eigenvalue weighted by molar-refractivity contribution is -0.0815. The van der Waals surface area contributed by atoms with Gasteiger partial charge in [0.25, 0.3) is 0 Å². The van der Waals surface area contributed by atoms with Crippen LogP contribution in [0.25, 0.3) is 0 Å². The Hall–Kier alpha value is -0.860. The van der Waals surface area contributed by atoms with Crippen LogP contribution >= 0.6 is 0 Å². The molecule has 1 fully saturated rings. The van der Waals surface area contributed by atoms with Gasteiger partial charge < -0.3 is 10.1 Å². The van der Waals surface area contributed by atoms with Crippen LogP contribution < -0.4 is 5.32 Å². The lowest BCUT2D eigenvalue weighted by Crippen LogP contribution is -2.55. The largest absolute Gasteiger partial charge is 0.367 e. The highest BCUT2D eigenvalue weighted by molar-refractivity contribution is 5.19. The van der Waals surface area contributed by atoms with Gasteiger partial charge in [-0.25, -0.2) is 0 Å². The highest BCUT2D eigenvalue weighted by Gasteiger charge is 2.34. The first kappa shape index (κ1) is 10.7. The normalized spacial score (nSPS) is 30.1. The number of ether oxygens (including phenoxy) is 1. The molecule has 2 rings (SSSR count). The third-order valence-electron chi connectivity index (χ3n) is 3.30. The molecule has 2 unspecified atom stereocenters. The Kier molecular flexibility index (Phi) is 2.81. The van der Waals surface area contributed by atoms with Crippen LogP contribution in [0.3, 0.4) is 0 Å². The van der Waals surface area contributed by atoms with Crippen LogP contribution in [0, 0.1) is 0 Å². The zero-order chi connectivity index (χ0) is 10.9. The minimum atomic E-state index is 0.0747. The Bertz CT molecular complexity index is 321. The molecule has 0 amide bonds. The molecule has 0 radical (unpaired) electrons. The maximum Gasteiger partial charge on any atom is 0.0953 e. The predicted molar refractivity (Wildman–Crippen MR) is 61.8 cm³/mol. The summed E-state index contributed by atoms with van der Waals surface area (Å²) in [5.74, 6) is 0. The molecule has 2 atom stereocenters. The van der Waals surface area contributed by atoms with Crippen molar-refractivity contribution in [3.63, 3.8) is 0 Å². The van der Waals surface area contributed by atoms with E-state index in [0.717, 1.165) is 6.54 Å². The lowest BCUT2D eigenvalue weighted by atomic mass is 9.94. The maximum atomic E-state index is 6.03. The van der Waals surface area contributed by atoms with Gasteiger partial charge in [0.05, 0.1) is 12.2 Å². The molecule has 1 aromatic carbocycles. The summed E-state index contributed by atoms with van der Waals surface area (Å²) >= 11 is 0. The molecule has 0 saturated carbocycles. The standard InChI is InChI=1S/C13H19NO/c1-10-13(2,3)14-9-12(15-10)11-7-5-4-6-8-11/h4-8,10,12,14H,9H2,1-3H3. The summed E-state index contributed by atoms with van der Waals surface area (Å²) < 4.78 is 6.03. The van der Waals surface area contributed by atoms with Crippen LogP contribution in [-0.4, -0.2) is 18.2 Å². The summed E-state index contributed by atoms with van der Waals surface area (Å²) in [5.41, 5.74) is 1.33. The molecule has 15 heavy (non-hydrogen) atoms. The molecule has 1 aliphatic heterocycles. The van der Waals surface area contributed by atoms with Gasteiger partial charge in [-0.05, 0) is 26.3 Å². The number of rotatable bonds is 1. The fraction of sp³-hybridized carbons (Fsp3) is 0.538. The molecular weight excluding hydrogens is 186 g/mol. The average Bonchev–Trinajstić information content (AvgIpc) is 2.23. The molecule has 1 N–H and O–H groups in total. The van der Waals surface area contributed by atoms with Gasteiger partial charge in [-0.1, -0.05) is 30.3 Å². The molecule has 1 heterocycles. The number of hydrogen-bond acceptors (Lipinski definition) is 2. The first-order valence-electron chi connectivity index (χ1n) is 5.55. The number of nitrogens with one attached hydrogen (secondary N) is 1. The quantitative estimate of drug-likeness (QED) is 0.760. The van der Waals surface area contributed by atoms with E-state index in [1.807, 2.05) is 6.07 Å². The van der Waals surface area contributed by atoms with Gasteiger partial charge in [-0.2, -0.15) is 0 Å². The van der Waals surface area contributed by atoms with Crippen LogP contribution in [-0.2, 0) is 4.74 Å². The first-order chi connectivity index (χ1) is 7.09. The molecule has 1 aromatic rings. The highest BCUT2D eigenvalue weighted by atomic mass is 16.5. The Labute approximate surface area is 91.6 Å². The van der Waals surface area contributed by atoms with Crippen molar-refractivity contribution in [2.24, 2.45) is 0 Å². The van der Waals surface area contributed by atoms with Crippen molar-refractivity contribution in [1.82, 2.24) is 5.32 Å². The van der Waals surface area contributed by atoms with E-state index in [2.05, 4.69) is 50.4 Å². The van der Waals surface area contributed by atoms with E-state index in [0.29, 0.717) is 0 Å². The van der Waals surface area contributed by atoms with Crippen molar-refractivity contribution < 1.29 is 4.74 Å². The zero-order valence-electron chi connectivity index (χ0n) is 9.66. The van der Waals surface area contributed by atoms with Gasteiger partial charge in [0.1, 0.15) is 0 Å². The van der Waals surface area contributed by atoms with Crippen molar-refractivity contribution in [1.29, 1.82) is 0 Å². The first-order valence-corrected chi connectivity index (χ1v) is 5.55. The van der Waals surface area contributed by atoms with E-state index in [1.165, 1.54) is 5.56 Å². The molecule has 2 heteroatoms. The smallest absolute Gasteiger partial charge is 0.0953 e. The fourth-order valence-electron chi connectivity index (χ4n) is 1.83. The van der Waals surface area contributed by atoms with Gasteiger partial charge in [-0.15, -0.1) is 0 Å². The highest BCUT2D eigenvalue weighted by Crippen LogP contribution is 2.27. The Morgan fingerprint density at radius 1 is 1.27 bits per heavy atom. The van der Waals surface area contributed by atoms with Crippen LogP contribution in [0.5, 0.6) is 0 Å². The predicted octanol–water partition coefficient (Wildman–Crippen LogP) is 2.51. The summed E-state index contributed by atoms with van der Waals surface area (Å²) in [6.45, 7) is 7.38. The summed E-state index contributed by atoms with van der Waals surface area (Å²) in [6, 6.07) is 10.4. The molecule has 0 aromatic heterocycles. The molecule has 1 aliphatic rings. The van der Waals surface area contributed by atoms with Crippen LogP contribution in [0.1, 0.15) is 32.4 Å². The second-order valence-corrected chi connectivity index (χ2v) is 4.78. The summed E-state index contributed by atoms with van der Waals surface area (Å²) in [7, 11) is 0. The Morgan fingerprint density at radius 3 is 2.53 bits per heavy atom. The van der Waals surface area contributed by atoms with Gasteiger partial charge in [0.2, 0.25) is 0 Å². The number of benzene rings is 1. The fourth-order valence-corrected chi connectivity index (χ4v) is 1.83. The van der Waals surface area contributed by atoms with Crippen LogP contribution in [0.4, 0.5) is 0 Å². The number of morpholine rings is 1. The molecule has 82 valence electrons. The third kappa shape index (κ3) is 2.21. The summed E-state index contributed by atoms with van der Waals surface area (Å²) in [4.78, 5) is 0. The van der Waals surface area contributed by atoms with Crippen LogP contribution in [0.2, 0.25) is 0 Å². The molecule has 2 nitrogen and oxygen atoms in total. The van der Waals surface area contributed by atoms with Crippen molar-refractivity contribution in [2.45, 2.75) is 38.5 Å². The molecule has 0 spiro atoms. The van der Waals surface area contributed by atoms with Gasteiger partial charge in [-0.3, -0.25) is 0 Å². The SMILES string of the molecule is CC1OC(c2ccccc2)CNC1(C)C. The van der Waals surface area contributed by atoms with E-state index in [-0.39, 0.29) is 17.7 Å². The third-order valence-corrected chi connectivity index (χ3v) is 3.30. The molecule has 0 aliphatic carbocycles. The average molecular weight is 205 g/mol. The van der Waals surface area contributed by atoms with Crippen LogP contribution in [0.15, 0.2) is 30.3 Å². The van der Waals surface area contributed by atoms with Gasteiger partial charge in [0.15, 0.2) is 0 Å². The van der Waals surface area contributed by atoms with E-state index in [1.54, 1.807) is 0 Å². The van der Waals surface area contributed by atoms with E-state index >= 15 is 0 Å². The number of hydrogen-bond donors (Lipinski definition) is 1. The van der Waals surface area contributed by atoms with E-state index in [9.17, 15) is 0 Å². The molecular formula is C13H19NO. The topological polar surface area (TPSA) is 21.3 Å². The van der Waals surface area contributed by atoms with Crippen molar-refractivity contribution >= 4 is 0 Å². The lowest BCUT2D eigenvalue weighted by Gasteiger charge is -2.41. The Balaban J connectivity index is 2.10. The summed E-state index contributed by atoms with van der Waals surface area (Å²) in [5, 5.41) is 3.53. The zero-order valence-corrected chi connectivity index (χ0v) is 9.66. The minimum Gasteiger partial charge on any atom is -0.367 e. The maximum absolute atomic E-state index is 6.03. The van der Waals surface area contributed by atoms with Crippen molar-refractivity contribution in [3.05, 3.63) is 35.9 Å². The van der Waals surface area contributed by atoms with Crippen molar-refractivity contribution in [3.8, 4) is 0 Å². The monoisotopic (exact) mass is 205 g/mol. The van der Waals surface area contributed by atoms with E-state index < -0.39 is 0 Å².